The average molecular weight is 366 g/mol. The number of sulfonamides is 1. The molecule has 3 rings (SSSR count). The number of nitrogens with one attached hydrogen (secondary N) is 1. The standard InChI is InChI=1S/C17H16ClNO4S/c18-14-5-1-12(2-6-14)11-23-17(20)13-3-9-16(10-4-13)24(21,22)19-15-7-8-15/h1-6,9-10,15,19H,7-8,11H2. The zero-order chi connectivity index (χ0) is 17.2. The first kappa shape index (κ1) is 17.0. The van der Waals surface area contributed by atoms with Gasteiger partial charge in [-0.3, -0.25) is 0 Å². The molecule has 2 aromatic rings. The minimum Gasteiger partial charge on any atom is -0.457 e. The highest BCUT2D eigenvalue weighted by atomic mass is 35.5. The van der Waals surface area contributed by atoms with Crippen LogP contribution in [0.2, 0.25) is 5.02 Å². The fraction of sp³-hybridized carbons (Fsp3) is 0.235. The maximum atomic E-state index is 12.1. The third kappa shape index (κ3) is 4.35. The van der Waals surface area contributed by atoms with Gasteiger partial charge in [-0.2, -0.15) is 0 Å². The van der Waals surface area contributed by atoms with Gasteiger partial charge in [-0.05, 0) is 54.8 Å². The molecule has 24 heavy (non-hydrogen) atoms. The van der Waals surface area contributed by atoms with E-state index in [4.69, 9.17) is 16.3 Å². The van der Waals surface area contributed by atoms with Crippen molar-refractivity contribution in [3.8, 4) is 0 Å². The van der Waals surface area contributed by atoms with E-state index in [1.165, 1.54) is 24.3 Å². The normalized spacial score (nSPS) is 14.4. The van der Waals surface area contributed by atoms with Gasteiger partial charge in [0.05, 0.1) is 10.5 Å². The number of hydrogen-bond acceptors (Lipinski definition) is 4. The van der Waals surface area contributed by atoms with Gasteiger partial charge in [-0.25, -0.2) is 17.9 Å². The second kappa shape index (κ2) is 6.93. The molecule has 0 bridgehead atoms. The summed E-state index contributed by atoms with van der Waals surface area (Å²) in [6, 6.07) is 12.7. The molecule has 1 saturated carbocycles. The van der Waals surface area contributed by atoms with Crippen molar-refractivity contribution in [2.24, 2.45) is 0 Å². The SMILES string of the molecule is O=C(OCc1ccc(Cl)cc1)c1ccc(S(=O)(=O)NC2CC2)cc1. The van der Waals surface area contributed by atoms with Crippen LogP contribution < -0.4 is 4.72 Å². The van der Waals surface area contributed by atoms with Gasteiger partial charge < -0.3 is 4.74 Å². The smallest absolute Gasteiger partial charge is 0.338 e. The summed E-state index contributed by atoms with van der Waals surface area (Å²) >= 11 is 5.80. The maximum Gasteiger partial charge on any atom is 0.338 e. The van der Waals surface area contributed by atoms with Crippen LogP contribution in [0.25, 0.3) is 0 Å². The Hall–Kier alpha value is -1.89. The summed E-state index contributed by atoms with van der Waals surface area (Å²) in [6.07, 6.45) is 1.74. The van der Waals surface area contributed by atoms with Crippen LogP contribution in [0.5, 0.6) is 0 Å². The van der Waals surface area contributed by atoms with Gasteiger partial charge >= 0.3 is 5.97 Å². The van der Waals surface area contributed by atoms with Gasteiger partial charge in [0.15, 0.2) is 0 Å². The summed E-state index contributed by atoms with van der Waals surface area (Å²) in [5.74, 6) is -0.510. The zero-order valence-electron chi connectivity index (χ0n) is 12.7. The molecule has 1 aliphatic carbocycles. The van der Waals surface area contributed by atoms with E-state index >= 15 is 0 Å². The van der Waals surface area contributed by atoms with Gasteiger partial charge in [-0.1, -0.05) is 23.7 Å². The molecule has 0 radical (unpaired) electrons. The molecule has 0 saturated heterocycles. The number of halogens is 1. The average Bonchev–Trinajstić information content (AvgIpc) is 3.37. The molecule has 0 amide bonds. The molecule has 2 aromatic carbocycles. The first-order valence-corrected chi connectivity index (χ1v) is 9.34. The summed E-state index contributed by atoms with van der Waals surface area (Å²) < 4.78 is 31.9. The third-order valence-electron chi connectivity index (χ3n) is 3.58. The Morgan fingerprint density at radius 1 is 1.08 bits per heavy atom. The molecule has 1 N–H and O–H groups in total. The molecular weight excluding hydrogens is 350 g/mol. The Morgan fingerprint density at radius 3 is 2.29 bits per heavy atom. The second-order valence-corrected chi connectivity index (χ2v) is 7.77. The number of carbonyl (C=O) groups is 1. The molecule has 0 aliphatic heterocycles. The van der Waals surface area contributed by atoms with E-state index in [-0.39, 0.29) is 17.5 Å². The summed E-state index contributed by atoms with van der Waals surface area (Å²) in [5, 5.41) is 0.613. The van der Waals surface area contributed by atoms with Crippen LogP contribution in [0.3, 0.4) is 0 Å². The largest absolute Gasteiger partial charge is 0.457 e. The van der Waals surface area contributed by atoms with Gasteiger partial charge in [-0.15, -0.1) is 0 Å². The Labute approximate surface area is 145 Å². The van der Waals surface area contributed by atoms with E-state index in [9.17, 15) is 13.2 Å². The van der Waals surface area contributed by atoms with Crippen molar-refractivity contribution < 1.29 is 17.9 Å². The van der Waals surface area contributed by atoms with Gasteiger partial charge in [0, 0.05) is 11.1 Å². The Balaban J connectivity index is 1.62. The topological polar surface area (TPSA) is 72.5 Å². The lowest BCUT2D eigenvalue weighted by molar-refractivity contribution is 0.0472. The van der Waals surface area contributed by atoms with Gasteiger partial charge in [0.1, 0.15) is 6.61 Å². The highest BCUT2D eigenvalue weighted by Crippen LogP contribution is 2.22. The summed E-state index contributed by atoms with van der Waals surface area (Å²) in [7, 11) is -3.51. The van der Waals surface area contributed by atoms with Crippen LogP contribution >= 0.6 is 11.6 Å². The van der Waals surface area contributed by atoms with E-state index in [1.807, 2.05) is 0 Å². The van der Waals surface area contributed by atoms with Crippen LogP contribution in [0.4, 0.5) is 0 Å². The molecule has 0 heterocycles. The predicted octanol–water partition coefficient (Wildman–Crippen LogP) is 3.14. The fourth-order valence-corrected chi connectivity index (χ4v) is 3.50. The van der Waals surface area contributed by atoms with Crippen LogP contribution in [-0.2, 0) is 21.4 Å². The Kier molecular flexibility index (Phi) is 4.89. The molecule has 5 nitrogen and oxygen atoms in total. The minimum atomic E-state index is -3.51. The monoisotopic (exact) mass is 365 g/mol. The fourth-order valence-electron chi connectivity index (χ4n) is 2.07. The van der Waals surface area contributed by atoms with Crippen molar-refractivity contribution >= 4 is 27.6 Å². The summed E-state index contributed by atoms with van der Waals surface area (Å²) in [6.45, 7) is 0.124. The molecule has 0 unspecified atom stereocenters. The maximum absolute atomic E-state index is 12.1. The summed E-state index contributed by atoms with van der Waals surface area (Å²) in [5.41, 5.74) is 1.12. The van der Waals surface area contributed by atoms with Crippen molar-refractivity contribution in [1.82, 2.24) is 4.72 Å². The quantitative estimate of drug-likeness (QED) is 0.798. The number of rotatable bonds is 6. The Morgan fingerprint density at radius 2 is 1.71 bits per heavy atom. The van der Waals surface area contributed by atoms with Crippen molar-refractivity contribution in [3.05, 3.63) is 64.7 Å². The molecule has 126 valence electrons. The molecule has 0 spiro atoms. The zero-order valence-corrected chi connectivity index (χ0v) is 14.3. The lowest BCUT2D eigenvalue weighted by Gasteiger charge is -2.07. The number of carbonyl (C=O) groups excluding carboxylic acids is 1. The van der Waals surface area contributed by atoms with Crippen molar-refractivity contribution in [3.63, 3.8) is 0 Å². The molecule has 1 aliphatic rings. The lowest BCUT2D eigenvalue weighted by atomic mass is 10.2. The van der Waals surface area contributed by atoms with E-state index < -0.39 is 16.0 Å². The molecule has 7 heteroatoms. The molecule has 1 fully saturated rings. The second-order valence-electron chi connectivity index (χ2n) is 5.62. The van der Waals surface area contributed by atoms with Crippen LogP contribution in [0, 0.1) is 0 Å². The van der Waals surface area contributed by atoms with E-state index in [1.54, 1.807) is 24.3 Å². The third-order valence-corrected chi connectivity index (χ3v) is 5.37. The van der Waals surface area contributed by atoms with E-state index in [0.717, 1.165) is 18.4 Å². The summed E-state index contributed by atoms with van der Waals surface area (Å²) in [4.78, 5) is 12.2. The van der Waals surface area contributed by atoms with Crippen molar-refractivity contribution in [2.45, 2.75) is 30.4 Å². The van der Waals surface area contributed by atoms with Crippen molar-refractivity contribution in [1.29, 1.82) is 0 Å². The Bertz CT molecular complexity index is 828. The van der Waals surface area contributed by atoms with Gasteiger partial charge in [0.2, 0.25) is 10.0 Å². The first-order valence-electron chi connectivity index (χ1n) is 7.48. The minimum absolute atomic E-state index is 0.0408. The number of esters is 1. The first-order chi connectivity index (χ1) is 11.4. The van der Waals surface area contributed by atoms with Gasteiger partial charge in [0.25, 0.3) is 0 Å². The number of hydrogen-bond donors (Lipinski definition) is 1. The van der Waals surface area contributed by atoms with Crippen LogP contribution in [0.1, 0.15) is 28.8 Å². The molecule has 0 atom stereocenters. The lowest BCUT2D eigenvalue weighted by Crippen LogP contribution is -2.25. The highest BCUT2D eigenvalue weighted by molar-refractivity contribution is 7.89. The van der Waals surface area contributed by atoms with E-state index in [0.29, 0.717) is 10.6 Å². The predicted molar refractivity (Wildman–Crippen MR) is 90.4 cm³/mol. The molecular formula is C17H16ClNO4S. The van der Waals surface area contributed by atoms with Crippen LogP contribution in [0.15, 0.2) is 53.4 Å². The number of ether oxygens (including phenoxy) is 1. The van der Waals surface area contributed by atoms with Crippen molar-refractivity contribution in [2.75, 3.05) is 0 Å². The molecule has 0 aromatic heterocycles. The number of benzene rings is 2. The van der Waals surface area contributed by atoms with E-state index in [2.05, 4.69) is 4.72 Å². The highest BCUT2D eigenvalue weighted by Gasteiger charge is 2.28. The van der Waals surface area contributed by atoms with Crippen LogP contribution in [-0.4, -0.2) is 20.4 Å².